The normalized spacial score (nSPS) is 13.9. The maximum absolute atomic E-state index is 12.5. The summed E-state index contributed by atoms with van der Waals surface area (Å²) >= 11 is 0. The number of ether oxygens (including phenoxy) is 1. The van der Waals surface area contributed by atoms with Gasteiger partial charge in [-0.1, -0.05) is 47.6 Å². The first-order chi connectivity index (χ1) is 12.0. The van der Waals surface area contributed by atoms with E-state index in [1.54, 1.807) is 26.8 Å². The lowest BCUT2D eigenvalue weighted by Gasteiger charge is -2.16. The summed E-state index contributed by atoms with van der Waals surface area (Å²) in [5.74, 6) is -0.161. The number of aliphatic hydroxyl groups is 1. The van der Waals surface area contributed by atoms with E-state index in [-0.39, 0.29) is 12.4 Å². The number of rotatable bonds is 6. The average molecular weight is 366 g/mol. The molecule has 1 rings (SSSR count). The Morgan fingerprint density at radius 1 is 1.08 bits per heavy atom. The predicted molar refractivity (Wildman–Crippen MR) is 100 cm³/mol. The van der Waals surface area contributed by atoms with Gasteiger partial charge in [0.25, 0.3) is 0 Å². The molecule has 0 saturated carbocycles. The summed E-state index contributed by atoms with van der Waals surface area (Å²) in [4.78, 5) is 0. The third-order valence-corrected chi connectivity index (χ3v) is 3.98. The largest absolute Gasteiger partial charge is 0.573 e. The number of aryl methyl sites for hydroxylation is 1. The lowest BCUT2D eigenvalue weighted by Crippen LogP contribution is -2.18. The van der Waals surface area contributed by atoms with Gasteiger partial charge >= 0.3 is 6.36 Å². The highest BCUT2D eigenvalue weighted by atomic mass is 19.4. The van der Waals surface area contributed by atoms with E-state index in [2.05, 4.69) is 4.74 Å². The summed E-state index contributed by atoms with van der Waals surface area (Å²) < 4.78 is 41.6. The molecule has 0 saturated heterocycles. The molecule has 0 radical (unpaired) electrons. The van der Waals surface area contributed by atoms with Crippen LogP contribution in [0.5, 0.6) is 5.75 Å². The monoisotopic (exact) mass is 366 g/mol. The van der Waals surface area contributed by atoms with Crippen LogP contribution in [-0.2, 0) is 0 Å². The Kier molecular flexibility index (Phi) is 7.90. The Morgan fingerprint density at radius 2 is 1.73 bits per heavy atom. The number of halogens is 3. The minimum Gasteiger partial charge on any atom is -0.405 e. The van der Waals surface area contributed by atoms with Crippen molar-refractivity contribution in [3.63, 3.8) is 0 Å². The number of allylic oxidation sites excluding steroid dienone is 6. The second kappa shape index (κ2) is 9.43. The van der Waals surface area contributed by atoms with Gasteiger partial charge in [0.15, 0.2) is 0 Å². The Balaban J connectivity index is 3.05. The lowest BCUT2D eigenvalue weighted by molar-refractivity contribution is -0.274. The Bertz CT molecular complexity index is 752. The molecule has 5 heteroatoms. The minimum atomic E-state index is -4.70. The molecule has 1 aromatic carbocycles. The molecule has 0 unspecified atom stereocenters. The van der Waals surface area contributed by atoms with E-state index in [1.165, 1.54) is 6.07 Å². The highest BCUT2D eigenvalue weighted by molar-refractivity contribution is 5.64. The van der Waals surface area contributed by atoms with Crippen LogP contribution in [0.15, 0.2) is 47.6 Å². The van der Waals surface area contributed by atoms with E-state index in [4.69, 9.17) is 5.11 Å². The fraction of sp³-hybridized carbons (Fsp3) is 0.333. The highest BCUT2D eigenvalue weighted by Gasteiger charge is 2.32. The van der Waals surface area contributed by atoms with Crippen LogP contribution >= 0.6 is 0 Å². The van der Waals surface area contributed by atoms with Gasteiger partial charge in [-0.2, -0.15) is 0 Å². The van der Waals surface area contributed by atoms with Crippen molar-refractivity contribution in [3.05, 3.63) is 69.8 Å². The van der Waals surface area contributed by atoms with Crippen LogP contribution in [0.1, 0.15) is 36.1 Å². The number of hydrogen-bond donors (Lipinski definition) is 1. The fourth-order valence-corrected chi connectivity index (χ4v) is 2.39. The van der Waals surface area contributed by atoms with Gasteiger partial charge in [0, 0.05) is 0 Å². The first-order valence-electron chi connectivity index (χ1n) is 8.22. The molecule has 0 aliphatic rings. The van der Waals surface area contributed by atoms with Crippen molar-refractivity contribution in [3.8, 4) is 5.75 Å². The topological polar surface area (TPSA) is 29.5 Å². The SMILES string of the molecule is CC(C=Cc1c(C)cc(OC(F)(F)F)c(C)c1C)=CC=CC(C)=CCO. The summed E-state index contributed by atoms with van der Waals surface area (Å²) in [7, 11) is 0. The van der Waals surface area contributed by atoms with Gasteiger partial charge in [-0.25, -0.2) is 0 Å². The Labute approximate surface area is 153 Å². The van der Waals surface area contributed by atoms with E-state index >= 15 is 0 Å². The number of benzene rings is 1. The molecule has 1 N–H and O–H groups in total. The number of alkyl halides is 3. The number of aliphatic hydroxyl groups excluding tert-OH is 1. The molecule has 0 aliphatic heterocycles. The maximum Gasteiger partial charge on any atom is 0.573 e. The molecule has 0 bridgehead atoms. The molecule has 0 heterocycles. The molecule has 26 heavy (non-hydrogen) atoms. The zero-order valence-electron chi connectivity index (χ0n) is 15.7. The van der Waals surface area contributed by atoms with E-state index < -0.39 is 6.36 Å². The second-order valence-electron chi connectivity index (χ2n) is 6.14. The van der Waals surface area contributed by atoms with Crippen molar-refractivity contribution in [1.82, 2.24) is 0 Å². The van der Waals surface area contributed by atoms with Gasteiger partial charge in [0.2, 0.25) is 0 Å². The van der Waals surface area contributed by atoms with E-state index in [1.807, 2.05) is 44.2 Å². The standard InChI is InChI=1S/C21H25F3O2/c1-14(7-6-8-15(2)11-12-25)9-10-19-16(3)13-20(18(5)17(19)4)26-21(22,23)24/h6-11,13,25H,12H2,1-5H3. The van der Waals surface area contributed by atoms with Crippen LogP contribution in [0.4, 0.5) is 13.2 Å². The summed E-state index contributed by atoms with van der Waals surface area (Å²) in [5.41, 5.74) is 4.77. The van der Waals surface area contributed by atoms with Gasteiger partial charge in [0.05, 0.1) is 6.61 Å². The molecule has 2 nitrogen and oxygen atoms in total. The summed E-state index contributed by atoms with van der Waals surface area (Å²) in [6.07, 6.45) is 6.50. The smallest absolute Gasteiger partial charge is 0.405 e. The van der Waals surface area contributed by atoms with Crippen molar-refractivity contribution in [2.24, 2.45) is 0 Å². The van der Waals surface area contributed by atoms with Crippen LogP contribution in [0.2, 0.25) is 0 Å². The first-order valence-corrected chi connectivity index (χ1v) is 8.22. The first kappa shape index (κ1) is 21.8. The molecule has 0 aromatic heterocycles. The highest BCUT2D eigenvalue weighted by Crippen LogP contribution is 2.32. The van der Waals surface area contributed by atoms with Gasteiger partial charge in [-0.3, -0.25) is 0 Å². The van der Waals surface area contributed by atoms with Crippen LogP contribution in [0, 0.1) is 20.8 Å². The molecule has 0 atom stereocenters. The zero-order valence-corrected chi connectivity index (χ0v) is 15.7. The van der Waals surface area contributed by atoms with Crippen molar-refractivity contribution in [1.29, 1.82) is 0 Å². The van der Waals surface area contributed by atoms with Crippen molar-refractivity contribution < 1.29 is 23.0 Å². The quantitative estimate of drug-likeness (QED) is 0.629. The lowest BCUT2D eigenvalue weighted by atomic mass is 9.96. The second-order valence-corrected chi connectivity index (χ2v) is 6.14. The van der Waals surface area contributed by atoms with Crippen molar-refractivity contribution >= 4 is 6.08 Å². The molecule has 0 amide bonds. The van der Waals surface area contributed by atoms with Crippen molar-refractivity contribution in [2.75, 3.05) is 6.61 Å². The minimum absolute atomic E-state index is 0.00469. The van der Waals surface area contributed by atoms with Gasteiger partial charge in [-0.15, -0.1) is 13.2 Å². The average Bonchev–Trinajstić information content (AvgIpc) is 2.51. The van der Waals surface area contributed by atoms with Crippen LogP contribution in [0.25, 0.3) is 6.08 Å². The number of hydrogen-bond acceptors (Lipinski definition) is 2. The van der Waals surface area contributed by atoms with E-state index in [0.717, 1.165) is 22.3 Å². The van der Waals surface area contributed by atoms with Crippen LogP contribution < -0.4 is 4.74 Å². The molecule has 0 fully saturated rings. The van der Waals surface area contributed by atoms with Crippen LogP contribution in [0.3, 0.4) is 0 Å². The molecular formula is C21H25F3O2. The third kappa shape index (κ3) is 6.92. The zero-order chi connectivity index (χ0) is 19.9. The molecule has 1 aromatic rings. The van der Waals surface area contributed by atoms with Crippen molar-refractivity contribution in [2.45, 2.75) is 41.0 Å². The molecular weight excluding hydrogens is 341 g/mol. The third-order valence-electron chi connectivity index (χ3n) is 3.98. The van der Waals surface area contributed by atoms with Gasteiger partial charge in [0.1, 0.15) is 5.75 Å². The van der Waals surface area contributed by atoms with Gasteiger partial charge in [-0.05, 0) is 62.9 Å². The molecule has 0 spiro atoms. The summed E-state index contributed by atoms with van der Waals surface area (Å²) in [6, 6.07) is 1.41. The summed E-state index contributed by atoms with van der Waals surface area (Å²) in [6.45, 7) is 9.00. The molecule has 142 valence electrons. The van der Waals surface area contributed by atoms with Crippen LogP contribution in [-0.4, -0.2) is 18.1 Å². The Morgan fingerprint density at radius 3 is 2.31 bits per heavy atom. The molecule has 0 aliphatic carbocycles. The fourth-order valence-electron chi connectivity index (χ4n) is 2.39. The maximum atomic E-state index is 12.5. The van der Waals surface area contributed by atoms with Gasteiger partial charge < -0.3 is 9.84 Å². The summed E-state index contributed by atoms with van der Waals surface area (Å²) in [5, 5.41) is 8.80. The van der Waals surface area contributed by atoms with E-state index in [9.17, 15) is 13.2 Å². The van der Waals surface area contributed by atoms with E-state index in [0.29, 0.717) is 11.1 Å². The predicted octanol–water partition coefficient (Wildman–Crippen LogP) is 5.96. The Hall–Kier alpha value is -2.27.